The molecule has 1 aliphatic carbocycles. The second kappa shape index (κ2) is 8.71. The second-order valence-electron chi connectivity index (χ2n) is 8.23. The van der Waals surface area contributed by atoms with Crippen molar-refractivity contribution >= 4 is 16.1 Å². The first kappa shape index (κ1) is 21.9. The van der Waals surface area contributed by atoms with Gasteiger partial charge in [0, 0.05) is 6.61 Å². The van der Waals surface area contributed by atoms with Crippen LogP contribution >= 0.6 is 0 Å². The first-order chi connectivity index (χ1) is 12.5. The third-order valence-corrected chi connectivity index (χ3v) is 5.88. The van der Waals surface area contributed by atoms with Crippen LogP contribution in [-0.4, -0.2) is 39.8 Å². The zero-order chi connectivity index (χ0) is 20.1. The molecule has 1 aromatic carbocycles. The van der Waals surface area contributed by atoms with Crippen LogP contribution in [0.1, 0.15) is 52.0 Å². The van der Waals surface area contributed by atoms with Gasteiger partial charge in [0.25, 0.3) is 10.1 Å². The maximum atomic E-state index is 12.2. The summed E-state index contributed by atoms with van der Waals surface area (Å²) in [6.07, 6.45) is 3.49. The zero-order valence-corrected chi connectivity index (χ0v) is 17.4. The fourth-order valence-electron chi connectivity index (χ4n) is 2.76. The summed E-state index contributed by atoms with van der Waals surface area (Å²) in [4.78, 5) is 11.8. The molecule has 0 aliphatic heterocycles. The number of carbonyl (C=O) groups excluding carboxylic acids is 1. The van der Waals surface area contributed by atoms with Crippen molar-refractivity contribution in [3.8, 4) is 0 Å². The van der Waals surface area contributed by atoms with E-state index in [1.165, 1.54) is 0 Å². The van der Waals surface area contributed by atoms with E-state index in [0.29, 0.717) is 13.0 Å². The molecule has 0 bridgehead atoms. The molecule has 0 atom stereocenters. The minimum absolute atomic E-state index is 0.0638. The summed E-state index contributed by atoms with van der Waals surface area (Å²) in [5.41, 5.74) is 0.548. The summed E-state index contributed by atoms with van der Waals surface area (Å²) in [7, 11) is -3.72. The van der Waals surface area contributed by atoms with Crippen LogP contribution in [0.2, 0.25) is 0 Å². The summed E-state index contributed by atoms with van der Waals surface area (Å²) >= 11 is 0. The van der Waals surface area contributed by atoms with Crippen LogP contribution in [0.15, 0.2) is 29.2 Å². The average molecular weight is 399 g/mol. The highest BCUT2D eigenvalue weighted by atomic mass is 32.2. The average Bonchev–Trinajstić information content (AvgIpc) is 3.30. The van der Waals surface area contributed by atoms with Gasteiger partial charge in [-0.05, 0) is 70.9 Å². The predicted molar refractivity (Wildman–Crippen MR) is 102 cm³/mol. The standard InChI is InChI=1S/C20H30O6S/c1-16-5-7-17(8-6-16)27(22,23)25-14-12-20(9-10-20)11-13-24-15-18(21)26-19(2,3)4/h5-8H,9-15H2,1-4H3. The summed E-state index contributed by atoms with van der Waals surface area (Å²) in [6.45, 7) is 7.88. The van der Waals surface area contributed by atoms with Crippen molar-refractivity contribution in [3.63, 3.8) is 0 Å². The molecule has 27 heavy (non-hydrogen) atoms. The van der Waals surface area contributed by atoms with Gasteiger partial charge in [-0.1, -0.05) is 17.7 Å². The lowest BCUT2D eigenvalue weighted by Gasteiger charge is -2.20. The lowest BCUT2D eigenvalue weighted by atomic mass is 9.99. The van der Waals surface area contributed by atoms with Gasteiger partial charge in [0.05, 0.1) is 11.5 Å². The molecule has 0 amide bonds. The predicted octanol–water partition coefficient (Wildman–Crippen LogP) is 3.62. The third-order valence-electron chi connectivity index (χ3n) is 4.55. The Morgan fingerprint density at radius 1 is 1.07 bits per heavy atom. The molecule has 1 saturated carbocycles. The van der Waals surface area contributed by atoms with Gasteiger partial charge >= 0.3 is 5.97 Å². The maximum Gasteiger partial charge on any atom is 0.332 e. The molecule has 0 spiro atoms. The fourth-order valence-corrected chi connectivity index (χ4v) is 3.67. The SMILES string of the molecule is Cc1ccc(S(=O)(=O)OCCC2(CCOCC(=O)OC(C)(C)C)CC2)cc1. The van der Waals surface area contributed by atoms with Crippen molar-refractivity contribution in [2.45, 2.75) is 63.9 Å². The number of carbonyl (C=O) groups is 1. The number of ether oxygens (including phenoxy) is 2. The van der Waals surface area contributed by atoms with Crippen molar-refractivity contribution in [2.75, 3.05) is 19.8 Å². The molecule has 0 aromatic heterocycles. The van der Waals surface area contributed by atoms with Crippen LogP contribution in [0.4, 0.5) is 0 Å². The van der Waals surface area contributed by atoms with E-state index in [2.05, 4.69) is 0 Å². The number of esters is 1. The van der Waals surface area contributed by atoms with Crippen LogP contribution in [0.3, 0.4) is 0 Å². The molecule has 1 aromatic rings. The van der Waals surface area contributed by atoms with Gasteiger partial charge in [0.1, 0.15) is 12.2 Å². The van der Waals surface area contributed by atoms with Crippen LogP contribution in [0.5, 0.6) is 0 Å². The topological polar surface area (TPSA) is 78.9 Å². The number of aryl methyl sites for hydroxylation is 1. The van der Waals surface area contributed by atoms with Crippen molar-refractivity contribution in [1.29, 1.82) is 0 Å². The fraction of sp³-hybridized carbons (Fsp3) is 0.650. The molecular weight excluding hydrogens is 368 g/mol. The van der Waals surface area contributed by atoms with Gasteiger partial charge in [-0.15, -0.1) is 0 Å². The number of hydrogen-bond acceptors (Lipinski definition) is 6. The first-order valence-electron chi connectivity index (χ1n) is 9.27. The monoisotopic (exact) mass is 398 g/mol. The highest BCUT2D eigenvalue weighted by Gasteiger charge is 2.41. The van der Waals surface area contributed by atoms with Gasteiger partial charge in [-0.3, -0.25) is 4.18 Å². The van der Waals surface area contributed by atoms with Crippen LogP contribution in [0, 0.1) is 12.3 Å². The molecule has 1 aliphatic rings. The Morgan fingerprint density at radius 3 is 2.22 bits per heavy atom. The summed E-state index contributed by atoms with van der Waals surface area (Å²) in [6, 6.07) is 6.62. The number of benzene rings is 1. The smallest absolute Gasteiger partial charge is 0.332 e. The third kappa shape index (κ3) is 7.60. The minimum Gasteiger partial charge on any atom is -0.458 e. The molecule has 1 fully saturated rings. The Morgan fingerprint density at radius 2 is 1.67 bits per heavy atom. The van der Waals surface area contributed by atoms with E-state index in [0.717, 1.165) is 24.8 Å². The Hall–Kier alpha value is -1.44. The molecule has 0 unspecified atom stereocenters. The molecular formula is C20H30O6S. The van der Waals surface area contributed by atoms with Gasteiger partial charge < -0.3 is 9.47 Å². The molecule has 6 nitrogen and oxygen atoms in total. The van der Waals surface area contributed by atoms with E-state index in [1.54, 1.807) is 24.3 Å². The lowest BCUT2D eigenvalue weighted by Crippen LogP contribution is -2.26. The van der Waals surface area contributed by atoms with Gasteiger partial charge in [0.2, 0.25) is 0 Å². The molecule has 2 rings (SSSR count). The molecule has 0 saturated heterocycles. The molecule has 0 heterocycles. The van der Waals surface area contributed by atoms with Crippen molar-refractivity contribution in [3.05, 3.63) is 29.8 Å². The Kier molecular flexibility index (Phi) is 7.05. The van der Waals surface area contributed by atoms with Gasteiger partial charge in [-0.2, -0.15) is 8.42 Å². The molecule has 0 radical (unpaired) electrons. The number of hydrogen-bond donors (Lipinski definition) is 0. The van der Waals surface area contributed by atoms with Crippen LogP contribution in [-0.2, 0) is 28.6 Å². The zero-order valence-electron chi connectivity index (χ0n) is 16.6. The Bertz CT molecular complexity index is 727. The quantitative estimate of drug-likeness (QED) is 0.340. The first-order valence-corrected chi connectivity index (χ1v) is 10.7. The second-order valence-corrected chi connectivity index (χ2v) is 9.84. The Labute approximate surface area is 162 Å². The summed E-state index contributed by atoms with van der Waals surface area (Å²) < 4.78 is 40.2. The van der Waals surface area contributed by atoms with E-state index in [4.69, 9.17) is 13.7 Å². The summed E-state index contributed by atoms with van der Waals surface area (Å²) in [5.74, 6) is -0.375. The minimum atomic E-state index is -3.72. The molecule has 0 N–H and O–H groups in total. The van der Waals surface area contributed by atoms with Crippen molar-refractivity contribution < 1.29 is 26.9 Å². The van der Waals surface area contributed by atoms with Crippen molar-refractivity contribution in [1.82, 2.24) is 0 Å². The van der Waals surface area contributed by atoms with E-state index in [-0.39, 0.29) is 29.5 Å². The van der Waals surface area contributed by atoms with Gasteiger partial charge in [0.15, 0.2) is 0 Å². The summed E-state index contributed by atoms with van der Waals surface area (Å²) in [5, 5.41) is 0. The number of rotatable bonds is 10. The highest BCUT2D eigenvalue weighted by Crippen LogP contribution is 2.51. The lowest BCUT2D eigenvalue weighted by molar-refractivity contribution is -0.160. The van der Waals surface area contributed by atoms with E-state index in [1.807, 2.05) is 27.7 Å². The van der Waals surface area contributed by atoms with Crippen molar-refractivity contribution in [2.24, 2.45) is 5.41 Å². The Balaban J connectivity index is 1.68. The van der Waals surface area contributed by atoms with E-state index >= 15 is 0 Å². The van der Waals surface area contributed by atoms with E-state index in [9.17, 15) is 13.2 Å². The van der Waals surface area contributed by atoms with Crippen LogP contribution < -0.4 is 0 Å². The molecule has 7 heteroatoms. The van der Waals surface area contributed by atoms with Gasteiger partial charge in [-0.25, -0.2) is 4.79 Å². The molecule has 152 valence electrons. The largest absolute Gasteiger partial charge is 0.458 e. The normalized spacial score (nSPS) is 16.1. The van der Waals surface area contributed by atoms with E-state index < -0.39 is 15.7 Å². The van der Waals surface area contributed by atoms with Crippen LogP contribution in [0.25, 0.3) is 0 Å². The maximum absolute atomic E-state index is 12.2. The highest BCUT2D eigenvalue weighted by molar-refractivity contribution is 7.86.